The molecule has 0 fully saturated rings. The van der Waals surface area contributed by atoms with Crippen molar-refractivity contribution in [3.05, 3.63) is 48.0 Å². The minimum absolute atomic E-state index is 0.0291. The average Bonchev–Trinajstić information content (AvgIpc) is 2.87. The molecule has 0 spiro atoms. The van der Waals surface area contributed by atoms with E-state index in [0.29, 0.717) is 5.75 Å². The number of ether oxygens (including phenoxy) is 4. The Labute approximate surface area is 229 Å². The Balaban J connectivity index is 2.28. The van der Waals surface area contributed by atoms with E-state index in [1.165, 1.54) is 38.4 Å². The smallest absolute Gasteiger partial charge is 0.329 e. The highest BCUT2D eigenvalue weighted by Crippen LogP contribution is 2.30. The van der Waals surface area contributed by atoms with E-state index in [2.05, 4.69) is 10.3 Å². The van der Waals surface area contributed by atoms with Crippen molar-refractivity contribution >= 4 is 17.8 Å². The van der Waals surface area contributed by atoms with Crippen molar-refractivity contribution in [1.29, 1.82) is 0 Å². The first kappa shape index (κ1) is 31.5. The van der Waals surface area contributed by atoms with Crippen molar-refractivity contribution in [3.8, 4) is 17.2 Å². The molecule has 0 aliphatic rings. The summed E-state index contributed by atoms with van der Waals surface area (Å²) in [5.74, 6) is -2.08. The van der Waals surface area contributed by atoms with Crippen molar-refractivity contribution in [2.45, 2.75) is 79.1 Å². The maximum absolute atomic E-state index is 13.8. The summed E-state index contributed by atoms with van der Waals surface area (Å²) in [7, 11) is 1.37. The minimum Gasteiger partial charge on any atom is -0.493 e. The molecular formula is C29H39FN2O7. The zero-order chi connectivity index (χ0) is 29.1. The number of carbonyl (C=O) groups is 3. The first-order valence-electron chi connectivity index (χ1n) is 13.2. The van der Waals surface area contributed by atoms with Crippen molar-refractivity contribution in [2.24, 2.45) is 11.8 Å². The van der Waals surface area contributed by atoms with Crippen molar-refractivity contribution < 1.29 is 37.7 Å². The van der Waals surface area contributed by atoms with E-state index >= 15 is 0 Å². The highest BCUT2D eigenvalue weighted by molar-refractivity contribution is 5.98. The van der Waals surface area contributed by atoms with E-state index in [4.69, 9.17) is 18.9 Å². The number of rotatable bonds is 14. The van der Waals surface area contributed by atoms with Gasteiger partial charge in [-0.1, -0.05) is 33.8 Å². The summed E-state index contributed by atoms with van der Waals surface area (Å²) in [4.78, 5) is 42.3. The lowest BCUT2D eigenvalue weighted by molar-refractivity contribution is -0.157. The van der Waals surface area contributed by atoms with Crippen molar-refractivity contribution in [1.82, 2.24) is 10.3 Å². The van der Waals surface area contributed by atoms with Crippen LogP contribution in [0.15, 0.2) is 36.5 Å². The molecule has 0 aliphatic heterocycles. The lowest BCUT2D eigenvalue weighted by atomic mass is 9.93. The number of nitrogens with one attached hydrogen (secondary N) is 1. The number of nitrogens with zero attached hydrogens (tertiary/aromatic N) is 1. The summed E-state index contributed by atoms with van der Waals surface area (Å²) >= 11 is 0. The van der Waals surface area contributed by atoms with Crippen LogP contribution in [-0.2, 0) is 14.3 Å². The maximum Gasteiger partial charge on any atom is 0.329 e. The van der Waals surface area contributed by atoms with Gasteiger partial charge in [0.25, 0.3) is 5.91 Å². The van der Waals surface area contributed by atoms with Gasteiger partial charge in [0.1, 0.15) is 29.8 Å². The van der Waals surface area contributed by atoms with E-state index in [1.54, 1.807) is 19.1 Å². The van der Waals surface area contributed by atoms with Crippen LogP contribution in [0.5, 0.6) is 17.2 Å². The fraction of sp³-hybridized carbons (Fsp3) is 0.517. The number of esters is 2. The topological polar surface area (TPSA) is 113 Å². The Morgan fingerprint density at radius 1 is 1.08 bits per heavy atom. The van der Waals surface area contributed by atoms with E-state index in [-0.39, 0.29) is 35.4 Å². The molecule has 214 valence electrons. The van der Waals surface area contributed by atoms with Gasteiger partial charge in [0.15, 0.2) is 11.4 Å². The zero-order valence-corrected chi connectivity index (χ0v) is 23.7. The molecule has 2 aromatic rings. The van der Waals surface area contributed by atoms with Gasteiger partial charge in [0.05, 0.1) is 7.11 Å². The van der Waals surface area contributed by atoms with Gasteiger partial charge >= 0.3 is 11.9 Å². The molecule has 1 aromatic carbocycles. The lowest BCUT2D eigenvalue weighted by Crippen LogP contribution is -2.47. The van der Waals surface area contributed by atoms with Crippen LogP contribution in [0.4, 0.5) is 4.39 Å². The Bertz CT molecular complexity index is 1120. The number of carbonyl (C=O) groups excluding carboxylic acids is 3. The molecule has 2 rings (SSSR count). The predicted molar refractivity (Wildman–Crippen MR) is 143 cm³/mol. The lowest BCUT2D eigenvalue weighted by Gasteiger charge is -2.32. The normalized spacial score (nSPS) is 13.4. The Kier molecular flexibility index (Phi) is 12.2. The van der Waals surface area contributed by atoms with Crippen LogP contribution in [0.25, 0.3) is 0 Å². The number of methoxy groups -OCH3 is 1. The van der Waals surface area contributed by atoms with Gasteiger partial charge in [-0.3, -0.25) is 9.59 Å². The van der Waals surface area contributed by atoms with E-state index in [9.17, 15) is 18.8 Å². The molecule has 0 saturated heterocycles. The first-order valence-corrected chi connectivity index (χ1v) is 13.2. The second kappa shape index (κ2) is 15.0. The van der Waals surface area contributed by atoms with Crippen LogP contribution >= 0.6 is 0 Å². The molecular weight excluding hydrogens is 507 g/mol. The molecule has 0 aliphatic carbocycles. The Morgan fingerprint density at radius 3 is 2.33 bits per heavy atom. The quantitative estimate of drug-likeness (QED) is 0.325. The third kappa shape index (κ3) is 9.23. The highest BCUT2D eigenvalue weighted by Gasteiger charge is 2.33. The third-order valence-corrected chi connectivity index (χ3v) is 6.19. The molecule has 9 nitrogen and oxygen atoms in total. The molecule has 0 bridgehead atoms. The van der Waals surface area contributed by atoms with Gasteiger partial charge in [-0.05, 0) is 50.2 Å². The molecule has 1 aromatic heterocycles. The second-order valence-corrected chi connectivity index (χ2v) is 9.70. The van der Waals surface area contributed by atoms with Crippen LogP contribution in [0, 0.1) is 17.7 Å². The van der Waals surface area contributed by atoms with E-state index in [0.717, 1.165) is 12.8 Å². The molecule has 10 heteroatoms. The molecule has 1 amide bonds. The molecule has 0 radical (unpaired) electrons. The molecule has 0 unspecified atom stereocenters. The van der Waals surface area contributed by atoms with E-state index < -0.39 is 41.9 Å². The molecule has 0 saturated carbocycles. The zero-order valence-electron chi connectivity index (χ0n) is 23.7. The summed E-state index contributed by atoms with van der Waals surface area (Å²) in [6.45, 7) is 10.7. The number of benzene rings is 1. The van der Waals surface area contributed by atoms with E-state index in [1.807, 2.05) is 27.7 Å². The average molecular weight is 547 g/mol. The Morgan fingerprint density at radius 2 is 1.77 bits per heavy atom. The van der Waals surface area contributed by atoms with Gasteiger partial charge in [-0.2, -0.15) is 0 Å². The maximum atomic E-state index is 13.8. The summed E-state index contributed by atoms with van der Waals surface area (Å²) in [6, 6.07) is 6.24. The molecule has 1 N–H and O–H groups in total. The van der Waals surface area contributed by atoms with Crippen LogP contribution in [0.2, 0.25) is 0 Å². The third-order valence-electron chi connectivity index (χ3n) is 6.19. The van der Waals surface area contributed by atoms with Crippen molar-refractivity contribution in [2.75, 3.05) is 7.11 Å². The summed E-state index contributed by atoms with van der Waals surface area (Å²) in [5, 5.41) is 2.67. The highest BCUT2D eigenvalue weighted by atomic mass is 19.1. The summed E-state index contributed by atoms with van der Waals surface area (Å²) < 4.78 is 36.1. The standard InChI is InChI=1S/C29H39FN2O7/c1-8-20(9-2)26(39-22-12-10-11-21(30)16-22)18(5)37-29(35)23(15-17(3)4)32-28(34)25-27(38-19(6)33)24(36-7)13-14-31-25/h10-14,16-18,20,23,26H,8-9,15H2,1-7H3,(H,32,34)/t18-,23-,26+/m0/s1. The van der Waals surface area contributed by atoms with Gasteiger partial charge in [-0.25, -0.2) is 14.2 Å². The van der Waals surface area contributed by atoms with Gasteiger partial charge in [-0.15, -0.1) is 0 Å². The summed E-state index contributed by atoms with van der Waals surface area (Å²) in [6.07, 6.45) is 1.88. The minimum atomic E-state index is -1.02. The number of hydrogen-bond donors (Lipinski definition) is 1. The molecule has 3 atom stereocenters. The fourth-order valence-electron chi connectivity index (χ4n) is 4.27. The molecule has 1 heterocycles. The van der Waals surface area contributed by atoms with Crippen LogP contribution in [0.3, 0.4) is 0 Å². The fourth-order valence-corrected chi connectivity index (χ4v) is 4.27. The monoisotopic (exact) mass is 546 g/mol. The summed E-state index contributed by atoms with van der Waals surface area (Å²) in [5.41, 5.74) is -0.205. The number of aromatic nitrogens is 1. The van der Waals surface area contributed by atoms with Crippen molar-refractivity contribution in [3.63, 3.8) is 0 Å². The van der Waals surface area contributed by atoms with Crippen LogP contribution in [0.1, 0.15) is 71.3 Å². The first-order chi connectivity index (χ1) is 18.5. The van der Waals surface area contributed by atoms with Gasteiger partial charge in [0.2, 0.25) is 5.75 Å². The second-order valence-electron chi connectivity index (χ2n) is 9.70. The predicted octanol–water partition coefficient (Wildman–Crippen LogP) is 5.11. The van der Waals surface area contributed by atoms with Crippen LogP contribution < -0.4 is 19.5 Å². The van der Waals surface area contributed by atoms with Crippen LogP contribution in [-0.4, -0.2) is 48.2 Å². The SMILES string of the molecule is CCC(CC)[C@H](Oc1cccc(F)c1)[C@H](C)OC(=O)[C@H](CC(C)C)NC(=O)c1nccc(OC)c1OC(C)=O. The molecule has 39 heavy (non-hydrogen) atoms. The number of pyridine rings is 1. The number of halogens is 1. The number of hydrogen-bond acceptors (Lipinski definition) is 8. The number of amides is 1. The van der Waals surface area contributed by atoms with Gasteiger partial charge < -0.3 is 24.3 Å². The Hall–Kier alpha value is -3.69. The van der Waals surface area contributed by atoms with Gasteiger partial charge in [0, 0.05) is 25.3 Å². The largest absolute Gasteiger partial charge is 0.493 e.